The number of pyridine rings is 1. The summed E-state index contributed by atoms with van der Waals surface area (Å²) in [5, 5.41) is 10.8. The molecule has 19 heavy (non-hydrogen) atoms. The number of thiazole rings is 1. The highest BCUT2D eigenvalue weighted by atomic mass is 32.1. The number of rotatable bonds is 3. The summed E-state index contributed by atoms with van der Waals surface area (Å²) in [6, 6.07) is 13.6. The monoisotopic (exact) mass is 268 g/mol. The number of aliphatic hydroxyl groups is 1. The molecule has 0 aliphatic carbocycles. The van der Waals surface area contributed by atoms with Gasteiger partial charge in [-0.15, -0.1) is 11.3 Å². The van der Waals surface area contributed by atoms with Crippen molar-refractivity contribution in [2.75, 3.05) is 0 Å². The molecular weight excluding hydrogens is 256 g/mol. The highest BCUT2D eigenvalue weighted by molar-refractivity contribution is 7.19. The first-order valence-corrected chi connectivity index (χ1v) is 6.78. The SMILES string of the molecule is OC(=Cc1nc2ccccc2s1)Cc1ccccn1. The first-order chi connectivity index (χ1) is 9.31. The van der Waals surface area contributed by atoms with Crippen LogP contribution in [0.15, 0.2) is 54.4 Å². The number of nitrogens with zero attached hydrogens (tertiary/aromatic N) is 2. The lowest BCUT2D eigenvalue weighted by Gasteiger charge is -1.98. The highest BCUT2D eigenvalue weighted by Crippen LogP contribution is 2.23. The Morgan fingerprint density at radius 3 is 2.79 bits per heavy atom. The highest BCUT2D eigenvalue weighted by Gasteiger charge is 2.03. The van der Waals surface area contributed by atoms with E-state index in [4.69, 9.17) is 0 Å². The van der Waals surface area contributed by atoms with E-state index in [-0.39, 0.29) is 5.76 Å². The number of allylic oxidation sites excluding steroid dienone is 1. The van der Waals surface area contributed by atoms with Crippen LogP contribution in [-0.4, -0.2) is 15.1 Å². The molecule has 0 bridgehead atoms. The van der Waals surface area contributed by atoms with Gasteiger partial charge in [-0.25, -0.2) is 4.98 Å². The van der Waals surface area contributed by atoms with Crippen LogP contribution in [-0.2, 0) is 6.42 Å². The van der Waals surface area contributed by atoms with Crippen molar-refractivity contribution in [3.63, 3.8) is 0 Å². The van der Waals surface area contributed by atoms with E-state index in [0.717, 1.165) is 20.9 Å². The van der Waals surface area contributed by atoms with Crippen LogP contribution >= 0.6 is 11.3 Å². The summed E-state index contributed by atoms with van der Waals surface area (Å²) in [5.41, 5.74) is 1.81. The van der Waals surface area contributed by atoms with Gasteiger partial charge in [0.1, 0.15) is 10.8 Å². The second-order valence-electron chi connectivity index (χ2n) is 4.15. The Bertz CT molecular complexity index is 686. The van der Waals surface area contributed by atoms with Gasteiger partial charge in [-0.3, -0.25) is 4.98 Å². The average molecular weight is 268 g/mol. The molecule has 1 aromatic carbocycles. The van der Waals surface area contributed by atoms with E-state index in [1.165, 1.54) is 0 Å². The van der Waals surface area contributed by atoms with Gasteiger partial charge in [0.25, 0.3) is 0 Å². The second kappa shape index (κ2) is 5.20. The first-order valence-electron chi connectivity index (χ1n) is 5.96. The summed E-state index contributed by atoms with van der Waals surface area (Å²) < 4.78 is 1.12. The minimum atomic E-state index is 0.276. The molecule has 2 aromatic heterocycles. The van der Waals surface area contributed by atoms with E-state index in [2.05, 4.69) is 9.97 Å². The number of benzene rings is 1. The Hall–Kier alpha value is -2.20. The zero-order valence-electron chi connectivity index (χ0n) is 10.2. The Morgan fingerprint density at radius 2 is 2.00 bits per heavy atom. The topological polar surface area (TPSA) is 46.0 Å². The molecule has 0 unspecified atom stereocenters. The van der Waals surface area contributed by atoms with E-state index in [9.17, 15) is 5.11 Å². The van der Waals surface area contributed by atoms with Gasteiger partial charge in [-0.1, -0.05) is 18.2 Å². The molecule has 1 N–H and O–H groups in total. The average Bonchev–Trinajstić information content (AvgIpc) is 2.81. The van der Waals surface area contributed by atoms with Crippen molar-refractivity contribution in [3.05, 3.63) is 65.1 Å². The standard InChI is InChI=1S/C15H12N2OS/c18-12(9-11-5-3-4-8-16-11)10-15-17-13-6-1-2-7-14(13)19-15/h1-8,10,18H,9H2. The number of fused-ring (bicyclic) bond motifs is 1. The summed E-state index contributed by atoms with van der Waals surface area (Å²) in [6.07, 6.45) is 3.86. The maximum atomic E-state index is 9.97. The zero-order chi connectivity index (χ0) is 13.1. The summed E-state index contributed by atoms with van der Waals surface area (Å²) >= 11 is 1.57. The van der Waals surface area contributed by atoms with Crippen LogP contribution in [0.3, 0.4) is 0 Å². The van der Waals surface area contributed by atoms with Crippen molar-refractivity contribution < 1.29 is 5.11 Å². The third-order valence-corrected chi connectivity index (χ3v) is 3.67. The minimum absolute atomic E-state index is 0.276. The predicted molar refractivity (Wildman–Crippen MR) is 78.2 cm³/mol. The Kier molecular flexibility index (Phi) is 3.25. The number of aliphatic hydroxyl groups excluding tert-OH is 1. The number of para-hydroxylation sites is 1. The van der Waals surface area contributed by atoms with E-state index in [1.54, 1.807) is 23.6 Å². The molecular formula is C15H12N2OS. The van der Waals surface area contributed by atoms with Crippen molar-refractivity contribution in [3.8, 4) is 0 Å². The van der Waals surface area contributed by atoms with E-state index >= 15 is 0 Å². The zero-order valence-corrected chi connectivity index (χ0v) is 11.0. The van der Waals surface area contributed by atoms with E-state index < -0.39 is 0 Å². The lowest BCUT2D eigenvalue weighted by Crippen LogP contribution is -1.92. The molecule has 3 nitrogen and oxygen atoms in total. The molecule has 0 saturated heterocycles. The Balaban J connectivity index is 1.84. The fourth-order valence-electron chi connectivity index (χ4n) is 1.83. The minimum Gasteiger partial charge on any atom is -0.512 e. The fourth-order valence-corrected chi connectivity index (χ4v) is 2.76. The maximum absolute atomic E-state index is 9.97. The van der Waals surface area contributed by atoms with Gasteiger partial charge in [0.2, 0.25) is 0 Å². The third-order valence-electron chi connectivity index (χ3n) is 2.69. The van der Waals surface area contributed by atoms with Crippen molar-refractivity contribution in [2.24, 2.45) is 0 Å². The Morgan fingerprint density at radius 1 is 1.16 bits per heavy atom. The van der Waals surface area contributed by atoms with Gasteiger partial charge in [0.15, 0.2) is 0 Å². The molecule has 2 heterocycles. The van der Waals surface area contributed by atoms with Gasteiger partial charge in [0, 0.05) is 24.4 Å². The number of hydrogen-bond acceptors (Lipinski definition) is 4. The molecule has 3 rings (SSSR count). The van der Waals surface area contributed by atoms with Crippen LogP contribution in [0.25, 0.3) is 16.3 Å². The van der Waals surface area contributed by atoms with Gasteiger partial charge in [0.05, 0.1) is 10.2 Å². The first kappa shape index (κ1) is 11.9. The third kappa shape index (κ3) is 2.80. The van der Waals surface area contributed by atoms with E-state index in [0.29, 0.717) is 6.42 Å². The van der Waals surface area contributed by atoms with E-state index in [1.807, 2.05) is 42.5 Å². The molecule has 3 aromatic rings. The Labute approximate surface area is 114 Å². The molecule has 0 aliphatic rings. The second-order valence-corrected chi connectivity index (χ2v) is 5.22. The van der Waals surface area contributed by atoms with Crippen LogP contribution in [0, 0.1) is 0 Å². The van der Waals surface area contributed by atoms with Crippen LogP contribution in [0.5, 0.6) is 0 Å². The lowest BCUT2D eigenvalue weighted by molar-refractivity contribution is 0.403. The van der Waals surface area contributed by atoms with Crippen molar-refractivity contribution in [1.82, 2.24) is 9.97 Å². The molecule has 0 spiro atoms. The molecule has 94 valence electrons. The normalized spacial score (nSPS) is 11.9. The molecule has 0 atom stereocenters. The fraction of sp³-hybridized carbons (Fsp3) is 0.0667. The predicted octanol–water partition coefficient (Wildman–Crippen LogP) is 3.83. The number of hydrogen-bond donors (Lipinski definition) is 1. The summed E-state index contributed by atoms with van der Waals surface area (Å²) in [4.78, 5) is 8.64. The van der Waals surface area contributed by atoms with Crippen molar-refractivity contribution in [1.29, 1.82) is 0 Å². The summed E-state index contributed by atoms with van der Waals surface area (Å²) in [5.74, 6) is 0.276. The molecule has 0 saturated carbocycles. The lowest BCUT2D eigenvalue weighted by atomic mass is 10.2. The van der Waals surface area contributed by atoms with Gasteiger partial charge >= 0.3 is 0 Å². The smallest absolute Gasteiger partial charge is 0.120 e. The van der Waals surface area contributed by atoms with Crippen molar-refractivity contribution >= 4 is 27.6 Å². The molecule has 0 fully saturated rings. The molecule has 0 radical (unpaired) electrons. The van der Waals surface area contributed by atoms with Gasteiger partial charge < -0.3 is 5.11 Å². The van der Waals surface area contributed by atoms with Crippen LogP contribution < -0.4 is 0 Å². The van der Waals surface area contributed by atoms with Gasteiger partial charge in [-0.2, -0.15) is 0 Å². The molecule has 0 amide bonds. The molecule has 4 heteroatoms. The maximum Gasteiger partial charge on any atom is 0.120 e. The quantitative estimate of drug-likeness (QED) is 0.734. The number of aromatic nitrogens is 2. The summed E-state index contributed by atoms with van der Waals surface area (Å²) in [7, 11) is 0. The van der Waals surface area contributed by atoms with Crippen molar-refractivity contribution in [2.45, 2.75) is 6.42 Å². The summed E-state index contributed by atoms with van der Waals surface area (Å²) in [6.45, 7) is 0. The largest absolute Gasteiger partial charge is 0.512 e. The van der Waals surface area contributed by atoms with Crippen LogP contribution in [0.4, 0.5) is 0 Å². The van der Waals surface area contributed by atoms with Crippen LogP contribution in [0.2, 0.25) is 0 Å². The van der Waals surface area contributed by atoms with Crippen LogP contribution in [0.1, 0.15) is 10.7 Å². The van der Waals surface area contributed by atoms with Gasteiger partial charge in [-0.05, 0) is 24.3 Å². The molecule has 0 aliphatic heterocycles.